The number of ether oxygens (including phenoxy) is 1. The molecule has 3 aliphatic rings. The van der Waals surface area contributed by atoms with Crippen molar-refractivity contribution in [1.82, 2.24) is 9.80 Å². The number of rotatable bonds is 4. The molecule has 0 saturated carbocycles. The van der Waals surface area contributed by atoms with E-state index in [1.165, 1.54) is 12.8 Å². The lowest BCUT2D eigenvalue weighted by Gasteiger charge is -2.37. The third-order valence-corrected chi connectivity index (χ3v) is 5.09. The first kappa shape index (κ1) is 14.3. The summed E-state index contributed by atoms with van der Waals surface area (Å²) >= 11 is 0. The number of carbonyl (C=O) groups is 1. The van der Waals surface area contributed by atoms with E-state index in [1.807, 2.05) is 4.90 Å². The van der Waals surface area contributed by atoms with Crippen molar-refractivity contribution in [3.05, 3.63) is 0 Å². The minimum atomic E-state index is 0.300. The van der Waals surface area contributed by atoms with Gasteiger partial charge in [-0.1, -0.05) is 0 Å². The predicted molar refractivity (Wildman–Crippen MR) is 77.4 cm³/mol. The van der Waals surface area contributed by atoms with E-state index in [0.717, 1.165) is 38.9 Å². The number of piperidine rings is 1. The number of morpholine rings is 1. The van der Waals surface area contributed by atoms with Gasteiger partial charge in [-0.15, -0.1) is 0 Å². The molecule has 0 aliphatic carbocycles. The Morgan fingerprint density at radius 3 is 2.45 bits per heavy atom. The fourth-order valence-corrected chi connectivity index (χ4v) is 4.07. The molecule has 2 bridgehead atoms. The van der Waals surface area contributed by atoms with Crippen molar-refractivity contribution in [3.63, 3.8) is 0 Å². The van der Waals surface area contributed by atoms with Crippen LogP contribution >= 0.6 is 0 Å². The maximum atomic E-state index is 12.1. The minimum absolute atomic E-state index is 0.300. The number of hydrogen-bond donors (Lipinski definition) is 1. The molecule has 0 spiro atoms. The minimum Gasteiger partial charge on any atom is -0.378 e. The molecule has 1 amide bonds. The van der Waals surface area contributed by atoms with Crippen molar-refractivity contribution < 1.29 is 9.53 Å². The summed E-state index contributed by atoms with van der Waals surface area (Å²) in [6.07, 6.45) is 6.56. The molecule has 0 aromatic rings. The Hall–Kier alpha value is -0.650. The van der Waals surface area contributed by atoms with Crippen molar-refractivity contribution in [3.8, 4) is 0 Å². The van der Waals surface area contributed by atoms with Crippen LogP contribution in [0.2, 0.25) is 0 Å². The highest BCUT2D eigenvalue weighted by Gasteiger charge is 2.38. The van der Waals surface area contributed by atoms with Crippen molar-refractivity contribution in [1.29, 1.82) is 0 Å². The van der Waals surface area contributed by atoms with Gasteiger partial charge in [-0.3, -0.25) is 9.69 Å². The second kappa shape index (κ2) is 6.41. The van der Waals surface area contributed by atoms with E-state index in [9.17, 15) is 4.79 Å². The fourth-order valence-electron chi connectivity index (χ4n) is 4.07. The van der Waals surface area contributed by atoms with Crippen LogP contribution in [0.15, 0.2) is 0 Å². The lowest BCUT2D eigenvalue weighted by atomic mass is 9.98. The van der Waals surface area contributed by atoms with Crippen LogP contribution in [0.3, 0.4) is 0 Å². The molecule has 5 nitrogen and oxygen atoms in total. The summed E-state index contributed by atoms with van der Waals surface area (Å²) in [5.41, 5.74) is 6.09. The molecule has 5 heteroatoms. The number of hydrogen-bond acceptors (Lipinski definition) is 4. The van der Waals surface area contributed by atoms with Gasteiger partial charge >= 0.3 is 0 Å². The number of carbonyl (C=O) groups excluding carboxylic acids is 1. The molecule has 20 heavy (non-hydrogen) atoms. The summed E-state index contributed by atoms with van der Waals surface area (Å²) in [7, 11) is 0. The number of fused-ring (bicyclic) bond motifs is 2. The summed E-state index contributed by atoms with van der Waals surface area (Å²) in [5.74, 6) is 0.300. The molecule has 3 fully saturated rings. The van der Waals surface area contributed by atoms with Crippen LogP contribution in [-0.2, 0) is 9.53 Å². The second-order valence-corrected chi connectivity index (χ2v) is 6.45. The Bertz CT molecular complexity index is 330. The van der Waals surface area contributed by atoms with Crippen LogP contribution in [0.25, 0.3) is 0 Å². The zero-order valence-corrected chi connectivity index (χ0v) is 12.3. The Kier molecular flexibility index (Phi) is 4.58. The summed E-state index contributed by atoms with van der Waals surface area (Å²) in [6.45, 7) is 3.99. The maximum absolute atomic E-state index is 12.1. The van der Waals surface area contributed by atoms with Crippen LogP contribution in [0.4, 0.5) is 0 Å². The molecule has 3 saturated heterocycles. The van der Waals surface area contributed by atoms with Crippen LogP contribution in [0, 0.1) is 0 Å². The van der Waals surface area contributed by atoms with Gasteiger partial charge in [0.15, 0.2) is 0 Å². The number of nitrogens with two attached hydrogens (primary N) is 1. The van der Waals surface area contributed by atoms with Crippen LogP contribution < -0.4 is 5.73 Å². The van der Waals surface area contributed by atoms with Crippen LogP contribution in [-0.4, -0.2) is 66.7 Å². The molecule has 2 N–H and O–H groups in total. The average Bonchev–Trinajstić information content (AvgIpc) is 2.70. The fraction of sp³-hybridized carbons (Fsp3) is 0.933. The molecular formula is C15H27N3O2. The van der Waals surface area contributed by atoms with Crippen molar-refractivity contribution in [2.75, 3.05) is 32.8 Å². The molecule has 3 rings (SSSR count). The van der Waals surface area contributed by atoms with E-state index in [0.29, 0.717) is 43.7 Å². The average molecular weight is 281 g/mol. The van der Waals surface area contributed by atoms with E-state index in [4.69, 9.17) is 10.5 Å². The molecular weight excluding hydrogens is 254 g/mol. The van der Waals surface area contributed by atoms with Gasteiger partial charge in [0.1, 0.15) is 0 Å². The third kappa shape index (κ3) is 3.15. The molecule has 2 atom stereocenters. The molecule has 0 aromatic carbocycles. The Labute approximate surface area is 121 Å². The van der Waals surface area contributed by atoms with E-state index in [1.54, 1.807) is 0 Å². The number of amides is 1. The van der Waals surface area contributed by atoms with Gasteiger partial charge in [-0.05, 0) is 38.6 Å². The monoisotopic (exact) mass is 281 g/mol. The third-order valence-electron chi connectivity index (χ3n) is 5.09. The summed E-state index contributed by atoms with van der Waals surface area (Å²) in [5, 5.41) is 0. The number of nitrogens with zero attached hydrogens (tertiary/aromatic N) is 2. The lowest BCUT2D eigenvalue weighted by Crippen LogP contribution is -2.48. The highest BCUT2D eigenvalue weighted by Crippen LogP contribution is 2.35. The van der Waals surface area contributed by atoms with Gasteiger partial charge in [0, 0.05) is 37.6 Å². The lowest BCUT2D eigenvalue weighted by molar-refractivity contribution is -0.135. The van der Waals surface area contributed by atoms with E-state index >= 15 is 0 Å². The molecule has 114 valence electrons. The normalized spacial score (nSPS) is 34.5. The van der Waals surface area contributed by atoms with Crippen molar-refractivity contribution >= 4 is 5.91 Å². The zero-order valence-electron chi connectivity index (χ0n) is 12.3. The van der Waals surface area contributed by atoms with E-state index < -0.39 is 0 Å². The second-order valence-electron chi connectivity index (χ2n) is 6.45. The molecule has 3 aliphatic heterocycles. The van der Waals surface area contributed by atoms with Gasteiger partial charge in [0.05, 0.1) is 13.2 Å². The molecule has 0 aromatic heterocycles. The standard InChI is InChI=1S/C15H27N3O2/c16-12-10-13-3-4-14(11-12)18(13)5-1-2-15(19)17-6-8-20-9-7-17/h12-14H,1-11,16H2. The Morgan fingerprint density at radius 2 is 1.80 bits per heavy atom. The summed E-state index contributed by atoms with van der Waals surface area (Å²) < 4.78 is 5.28. The van der Waals surface area contributed by atoms with E-state index in [-0.39, 0.29) is 0 Å². The first-order valence-electron chi connectivity index (χ1n) is 8.11. The predicted octanol–water partition coefficient (Wildman–Crippen LogP) is 0.580. The van der Waals surface area contributed by atoms with Gasteiger partial charge in [-0.25, -0.2) is 0 Å². The Morgan fingerprint density at radius 1 is 1.15 bits per heavy atom. The van der Waals surface area contributed by atoms with Gasteiger partial charge in [-0.2, -0.15) is 0 Å². The smallest absolute Gasteiger partial charge is 0.222 e. The molecule has 0 radical (unpaired) electrons. The van der Waals surface area contributed by atoms with Gasteiger partial charge in [0.2, 0.25) is 5.91 Å². The van der Waals surface area contributed by atoms with Crippen LogP contribution in [0.5, 0.6) is 0 Å². The Balaban J connectivity index is 1.40. The first-order chi connectivity index (χ1) is 9.74. The quantitative estimate of drug-likeness (QED) is 0.819. The van der Waals surface area contributed by atoms with Crippen LogP contribution in [0.1, 0.15) is 38.5 Å². The summed E-state index contributed by atoms with van der Waals surface area (Å²) in [4.78, 5) is 16.7. The van der Waals surface area contributed by atoms with Gasteiger partial charge < -0.3 is 15.4 Å². The van der Waals surface area contributed by atoms with Gasteiger partial charge in [0.25, 0.3) is 0 Å². The van der Waals surface area contributed by atoms with E-state index in [2.05, 4.69) is 4.90 Å². The largest absolute Gasteiger partial charge is 0.378 e. The topological polar surface area (TPSA) is 58.8 Å². The molecule has 3 heterocycles. The SMILES string of the molecule is NC1CC2CCC(C1)N2CCCC(=O)N1CCOCC1. The highest BCUT2D eigenvalue weighted by molar-refractivity contribution is 5.76. The highest BCUT2D eigenvalue weighted by atomic mass is 16.5. The van der Waals surface area contributed by atoms with Crippen molar-refractivity contribution in [2.45, 2.75) is 56.7 Å². The summed E-state index contributed by atoms with van der Waals surface area (Å²) in [6, 6.07) is 1.77. The zero-order chi connectivity index (χ0) is 13.9. The van der Waals surface area contributed by atoms with Crippen molar-refractivity contribution in [2.24, 2.45) is 5.73 Å². The maximum Gasteiger partial charge on any atom is 0.222 e. The molecule has 2 unspecified atom stereocenters. The first-order valence-corrected chi connectivity index (χ1v) is 8.11.